The molecular weight excluding hydrogens is 370 g/mol. The monoisotopic (exact) mass is 391 g/mol. The number of sulfonamides is 1. The summed E-state index contributed by atoms with van der Waals surface area (Å²) in [5.41, 5.74) is 2.82. The van der Waals surface area contributed by atoms with Crippen LogP contribution in [-0.2, 0) is 10.0 Å². The summed E-state index contributed by atoms with van der Waals surface area (Å²) >= 11 is 1.12. The minimum Gasteiger partial charge on any atom is -0.477 e. The maximum absolute atomic E-state index is 12.8. The number of benzene rings is 1. The summed E-state index contributed by atoms with van der Waals surface area (Å²) in [5.74, 6) is -1.13. The second-order valence-electron chi connectivity index (χ2n) is 6.51. The number of carboxylic acids is 1. The second kappa shape index (κ2) is 7.25. The molecule has 1 heterocycles. The minimum atomic E-state index is -3.86. The lowest BCUT2D eigenvalue weighted by molar-refractivity contribution is 0.0703. The number of nitrogens with one attached hydrogen (secondary N) is 1. The molecule has 1 aromatic heterocycles. The van der Waals surface area contributed by atoms with Crippen molar-refractivity contribution in [3.05, 3.63) is 51.2 Å². The van der Waals surface area contributed by atoms with Crippen LogP contribution in [0.15, 0.2) is 35.2 Å². The number of rotatable bonds is 5. The van der Waals surface area contributed by atoms with Gasteiger partial charge in [0.2, 0.25) is 0 Å². The van der Waals surface area contributed by atoms with Crippen molar-refractivity contribution in [2.45, 2.75) is 44.4 Å². The molecule has 0 saturated carbocycles. The highest BCUT2D eigenvalue weighted by atomic mass is 32.2. The molecule has 7 heteroatoms. The van der Waals surface area contributed by atoms with Gasteiger partial charge in [-0.3, -0.25) is 4.72 Å². The van der Waals surface area contributed by atoms with Gasteiger partial charge in [-0.25, -0.2) is 13.2 Å². The molecule has 1 aliphatic rings. The lowest BCUT2D eigenvalue weighted by atomic mass is 9.98. The van der Waals surface area contributed by atoms with Crippen molar-refractivity contribution in [1.29, 1.82) is 0 Å². The summed E-state index contributed by atoms with van der Waals surface area (Å²) in [6.07, 6.45) is 6.17. The van der Waals surface area contributed by atoms with Gasteiger partial charge in [0, 0.05) is 4.88 Å². The molecule has 0 spiro atoms. The van der Waals surface area contributed by atoms with Gasteiger partial charge in [0.25, 0.3) is 10.0 Å². The van der Waals surface area contributed by atoms with Crippen molar-refractivity contribution in [3.8, 4) is 0 Å². The van der Waals surface area contributed by atoms with Crippen LogP contribution in [0.25, 0.3) is 5.57 Å². The fourth-order valence-electron chi connectivity index (χ4n) is 3.15. The van der Waals surface area contributed by atoms with E-state index >= 15 is 0 Å². The van der Waals surface area contributed by atoms with Crippen LogP contribution < -0.4 is 4.72 Å². The molecule has 26 heavy (non-hydrogen) atoms. The van der Waals surface area contributed by atoms with E-state index in [0.717, 1.165) is 53.0 Å². The number of aryl methyl sites for hydroxylation is 2. The number of thiophene rings is 1. The Morgan fingerprint density at radius 3 is 2.58 bits per heavy atom. The number of hydrogen-bond donors (Lipinski definition) is 2. The number of carboxylic acid groups (broad SMARTS) is 1. The zero-order chi connectivity index (χ0) is 18.9. The SMILES string of the molecule is Cc1ccc(S(=O)(=O)Nc2cc(C3=CCCCC3)sc2C(=O)O)c(C)c1. The molecule has 0 aliphatic heterocycles. The number of allylic oxidation sites excluding steroid dienone is 2. The van der Waals surface area contributed by atoms with Crippen LogP contribution in [0.2, 0.25) is 0 Å². The summed E-state index contributed by atoms with van der Waals surface area (Å²) in [6, 6.07) is 6.71. The average Bonchev–Trinajstić information content (AvgIpc) is 2.98. The molecule has 2 N–H and O–H groups in total. The van der Waals surface area contributed by atoms with Gasteiger partial charge >= 0.3 is 5.97 Å². The normalized spacial score (nSPS) is 14.8. The Kier molecular flexibility index (Phi) is 5.20. The van der Waals surface area contributed by atoms with Gasteiger partial charge in [0.15, 0.2) is 0 Å². The molecule has 0 amide bonds. The predicted molar refractivity (Wildman–Crippen MR) is 104 cm³/mol. The van der Waals surface area contributed by atoms with Crippen LogP contribution in [0.4, 0.5) is 5.69 Å². The van der Waals surface area contributed by atoms with E-state index in [9.17, 15) is 18.3 Å². The fraction of sp³-hybridized carbons (Fsp3) is 0.316. The van der Waals surface area contributed by atoms with Crippen molar-refractivity contribution in [2.24, 2.45) is 0 Å². The molecule has 0 bridgehead atoms. The largest absolute Gasteiger partial charge is 0.477 e. The van der Waals surface area contributed by atoms with E-state index < -0.39 is 16.0 Å². The van der Waals surface area contributed by atoms with Crippen molar-refractivity contribution in [2.75, 3.05) is 4.72 Å². The highest BCUT2D eigenvalue weighted by Crippen LogP contribution is 2.37. The third kappa shape index (κ3) is 3.83. The van der Waals surface area contributed by atoms with Gasteiger partial charge in [-0.1, -0.05) is 23.8 Å². The van der Waals surface area contributed by atoms with Gasteiger partial charge in [0.1, 0.15) is 4.88 Å². The van der Waals surface area contributed by atoms with Crippen molar-refractivity contribution in [1.82, 2.24) is 0 Å². The molecule has 2 aromatic rings. The standard InChI is InChI=1S/C19H21NO4S2/c1-12-8-9-17(13(2)10-12)26(23,24)20-15-11-16(25-18(15)19(21)22)14-6-4-3-5-7-14/h6,8-11,20H,3-5,7H2,1-2H3,(H,21,22). The molecule has 0 atom stereocenters. The number of carbonyl (C=O) groups is 1. The first-order valence-corrected chi connectivity index (χ1v) is 10.7. The predicted octanol–water partition coefficient (Wildman–Crippen LogP) is 4.82. The molecule has 0 saturated heterocycles. The molecular formula is C19H21NO4S2. The minimum absolute atomic E-state index is 0.0137. The van der Waals surface area contributed by atoms with Crippen LogP contribution in [0.1, 0.15) is 51.4 Å². The first-order valence-electron chi connectivity index (χ1n) is 8.44. The van der Waals surface area contributed by atoms with Crippen LogP contribution in [-0.4, -0.2) is 19.5 Å². The lowest BCUT2D eigenvalue weighted by Crippen LogP contribution is -2.15. The highest BCUT2D eigenvalue weighted by molar-refractivity contribution is 7.92. The van der Waals surface area contributed by atoms with Crippen molar-refractivity contribution in [3.63, 3.8) is 0 Å². The fourth-order valence-corrected chi connectivity index (χ4v) is 5.52. The quantitative estimate of drug-likeness (QED) is 0.765. The third-order valence-corrected chi connectivity index (χ3v) is 7.12. The van der Waals surface area contributed by atoms with E-state index in [2.05, 4.69) is 10.8 Å². The van der Waals surface area contributed by atoms with E-state index in [4.69, 9.17) is 0 Å². The van der Waals surface area contributed by atoms with Crippen LogP contribution in [0, 0.1) is 13.8 Å². The van der Waals surface area contributed by atoms with Gasteiger partial charge in [-0.05, 0) is 62.8 Å². The Hall–Kier alpha value is -2.12. The van der Waals surface area contributed by atoms with E-state index in [1.54, 1.807) is 31.2 Å². The molecule has 138 valence electrons. The van der Waals surface area contributed by atoms with E-state index in [1.807, 2.05) is 6.92 Å². The number of aromatic carboxylic acids is 1. The Labute approximate surface area is 157 Å². The van der Waals surface area contributed by atoms with Crippen LogP contribution in [0.5, 0.6) is 0 Å². The van der Waals surface area contributed by atoms with Gasteiger partial charge < -0.3 is 5.11 Å². The molecule has 1 aromatic carbocycles. The van der Waals surface area contributed by atoms with Crippen LogP contribution >= 0.6 is 11.3 Å². The number of hydrogen-bond acceptors (Lipinski definition) is 4. The van der Waals surface area contributed by atoms with Crippen molar-refractivity contribution < 1.29 is 18.3 Å². The summed E-state index contributed by atoms with van der Waals surface area (Å²) in [6.45, 7) is 3.62. The van der Waals surface area contributed by atoms with Crippen LogP contribution in [0.3, 0.4) is 0 Å². The molecule has 0 unspecified atom stereocenters. The zero-order valence-electron chi connectivity index (χ0n) is 14.7. The smallest absolute Gasteiger partial charge is 0.348 e. The van der Waals surface area contributed by atoms with Crippen molar-refractivity contribution >= 4 is 38.6 Å². The Morgan fingerprint density at radius 1 is 1.19 bits per heavy atom. The topological polar surface area (TPSA) is 83.5 Å². The molecule has 0 radical (unpaired) electrons. The molecule has 1 aliphatic carbocycles. The first-order chi connectivity index (χ1) is 12.3. The maximum atomic E-state index is 12.8. The third-order valence-electron chi connectivity index (χ3n) is 4.40. The lowest BCUT2D eigenvalue weighted by Gasteiger charge is -2.11. The Balaban J connectivity index is 1.99. The summed E-state index contributed by atoms with van der Waals surface area (Å²) < 4.78 is 28.0. The second-order valence-corrected chi connectivity index (χ2v) is 9.21. The van der Waals surface area contributed by atoms with E-state index in [0.29, 0.717) is 5.56 Å². The summed E-state index contributed by atoms with van der Waals surface area (Å²) in [7, 11) is -3.86. The maximum Gasteiger partial charge on any atom is 0.348 e. The van der Waals surface area contributed by atoms with Gasteiger partial charge in [0.05, 0.1) is 10.6 Å². The van der Waals surface area contributed by atoms with E-state index in [-0.39, 0.29) is 15.5 Å². The van der Waals surface area contributed by atoms with Gasteiger partial charge in [-0.2, -0.15) is 0 Å². The molecule has 3 rings (SSSR count). The molecule has 5 nitrogen and oxygen atoms in total. The highest BCUT2D eigenvalue weighted by Gasteiger charge is 2.24. The summed E-state index contributed by atoms with van der Waals surface area (Å²) in [4.78, 5) is 12.6. The summed E-state index contributed by atoms with van der Waals surface area (Å²) in [5, 5.41) is 9.49. The Morgan fingerprint density at radius 2 is 1.96 bits per heavy atom. The molecule has 0 fully saturated rings. The van der Waals surface area contributed by atoms with E-state index in [1.165, 1.54) is 0 Å². The zero-order valence-corrected chi connectivity index (χ0v) is 16.3. The van der Waals surface area contributed by atoms with Gasteiger partial charge in [-0.15, -0.1) is 11.3 Å². The number of anilines is 1. The first kappa shape index (κ1) is 18.7. The Bertz CT molecular complexity index is 987. The average molecular weight is 392 g/mol.